The first-order valence-corrected chi connectivity index (χ1v) is 8.91. The van der Waals surface area contributed by atoms with Gasteiger partial charge in [-0.3, -0.25) is 4.79 Å². The number of para-hydroxylation sites is 1. The van der Waals surface area contributed by atoms with Crippen LogP contribution in [0.15, 0.2) is 89.5 Å². The summed E-state index contributed by atoms with van der Waals surface area (Å²) < 4.78 is 5.26. The second kappa shape index (κ2) is 7.79. The minimum absolute atomic E-state index is 0.131. The normalized spacial score (nSPS) is 10.7. The molecule has 27 heavy (non-hydrogen) atoms. The molecule has 4 heteroatoms. The molecule has 1 heterocycles. The van der Waals surface area contributed by atoms with Crippen LogP contribution in [0.2, 0.25) is 0 Å². The lowest BCUT2D eigenvalue weighted by Gasteiger charge is -2.12. The summed E-state index contributed by atoms with van der Waals surface area (Å²) in [5, 5.41) is 8.71. The molecule has 4 aromatic rings. The van der Waals surface area contributed by atoms with E-state index in [-0.39, 0.29) is 5.91 Å². The van der Waals surface area contributed by atoms with Crippen LogP contribution in [0.3, 0.4) is 0 Å². The number of fused-ring (bicyclic) bond motifs is 1. The number of furan rings is 1. The number of nitrogens with one attached hydrogen (secondary N) is 2. The molecular formula is C23H20N2O2. The molecule has 0 saturated carbocycles. The van der Waals surface area contributed by atoms with E-state index < -0.39 is 0 Å². The molecule has 4 nitrogen and oxygen atoms in total. The van der Waals surface area contributed by atoms with Gasteiger partial charge in [0.05, 0.1) is 18.4 Å². The minimum Gasteiger partial charge on any atom is -0.467 e. The van der Waals surface area contributed by atoms with E-state index in [0.29, 0.717) is 18.7 Å². The molecule has 0 atom stereocenters. The lowest BCUT2D eigenvalue weighted by molar-refractivity contribution is 0.0949. The first-order valence-electron chi connectivity index (χ1n) is 8.91. The van der Waals surface area contributed by atoms with Crippen LogP contribution in [0.4, 0.5) is 5.69 Å². The Bertz CT molecular complexity index is 1050. The van der Waals surface area contributed by atoms with Crippen molar-refractivity contribution in [3.05, 3.63) is 102 Å². The quantitative estimate of drug-likeness (QED) is 0.512. The van der Waals surface area contributed by atoms with Crippen LogP contribution in [0.25, 0.3) is 10.8 Å². The maximum Gasteiger partial charge on any atom is 0.253 e. The van der Waals surface area contributed by atoms with Crippen molar-refractivity contribution in [2.24, 2.45) is 0 Å². The van der Waals surface area contributed by atoms with Crippen LogP contribution in [0.1, 0.15) is 21.7 Å². The summed E-state index contributed by atoms with van der Waals surface area (Å²) in [6.45, 7) is 1.01. The molecule has 0 fully saturated rings. The summed E-state index contributed by atoms with van der Waals surface area (Å²) in [6.07, 6.45) is 1.60. The van der Waals surface area contributed by atoms with Gasteiger partial charge >= 0.3 is 0 Å². The van der Waals surface area contributed by atoms with Gasteiger partial charge in [0, 0.05) is 12.2 Å². The van der Waals surface area contributed by atoms with E-state index in [1.54, 1.807) is 12.3 Å². The third kappa shape index (κ3) is 4.01. The van der Waals surface area contributed by atoms with Crippen LogP contribution < -0.4 is 10.6 Å². The smallest absolute Gasteiger partial charge is 0.253 e. The van der Waals surface area contributed by atoms with Crippen molar-refractivity contribution in [2.45, 2.75) is 13.1 Å². The zero-order valence-corrected chi connectivity index (χ0v) is 14.8. The van der Waals surface area contributed by atoms with Gasteiger partial charge < -0.3 is 15.1 Å². The Morgan fingerprint density at radius 1 is 0.815 bits per heavy atom. The monoisotopic (exact) mass is 356 g/mol. The molecule has 134 valence electrons. The number of benzene rings is 3. The molecule has 0 aliphatic rings. The van der Waals surface area contributed by atoms with Gasteiger partial charge in [-0.05, 0) is 46.7 Å². The van der Waals surface area contributed by atoms with Crippen molar-refractivity contribution >= 4 is 22.4 Å². The van der Waals surface area contributed by atoms with Crippen LogP contribution in [-0.2, 0) is 13.1 Å². The van der Waals surface area contributed by atoms with Gasteiger partial charge in [0.25, 0.3) is 5.91 Å². The zero-order valence-electron chi connectivity index (χ0n) is 14.8. The van der Waals surface area contributed by atoms with Crippen LogP contribution >= 0.6 is 0 Å². The van der Waals surface area contributed by atoms with Gasteiger partial charge in [-0.1, -0.05) is 48.5 Å². The molecule has 0 aliphatic heterocycles. The minimum atomic E-state index is -0.131. The SMILES string of the molecule is O=C(NCc1ccco1)c1ccccc1NCc1ccc2ccccc2c1. The number of rotatable bonds is 6. The Kier molecular flexibility index (Phi) is 4.88. The Hall–Kier alpha value is -3.53. The van der Waals surface area contributed by atoms with E-state index in [9.17, 15) is 4.79 Å². The first-order chi connectivity index (χ1) is 13.3. The predicted molar refractivity (Wildman–Crippen MR) is 108 cm³/mol. The summed E-state index contributed by atoms with van der Waals surface area (Å²) >= 11 is 0. The Labute approximate surface area is 157 Å². The summed E-state index contributed by atoms with van der Waals surface area (Å²) in [6, 6.07) is 25.9. The van der Waals surface area contributed by atoms with Crippen LogP contribution in [0.5, 0.6) is 0 Å². The fourth-order valence-corrected chi connectivity index (χ4v) is 3.06. The van der Waals surface area contributed by atoms with Crippen LogP contribution in [0, 0.1) is 0 Å². The average Bonchev–Trinajstić information content (AvgIpc) is 3.24. The topological polar surface area (TPSA) is 54.3 Å². The Morgan fingerprint density at radius 3 is 2.48 bits per heavy atom. The third-order valence-electron chi connectivity index (χ3n) is 4.47. The predicted octanol–water partition coefficient (Wildman–Crippen LogP) is 4.97. The highest BCUT2D eigenvalue weighted by molar-refractivity contribution is 5.99. The lowest BCUT2D eigenvalue weighted by atomic mass is 10.1. The number of hydrogen-bond donors (Lipinski definition) is 2. The molecule has 4 rings (SSSR count). The van der Waals surface area contributed by atoms with E-state index >= 15 is 0 Å². The highest BCUT2D eigenvalue weighted by Gasteiger charge is 2.11. The first kappa shape index (κ1) is 16.9. The third-order valence-corrected chi connectivity index (χ3v) is 4.47. The van der Waals surface area contributed by atoms with Crippen molar-refractivity contribution in [2.75, 3.05) is 5.32 Å². The Balaban J connectivity index is 1.46. The zero-order chi connectivity index (χ0) is 18.5. The average molecular weight is 356 g/mol. The van der Waals surface area contributed by atoms with E-state index in [1.807, 2.05) is 42.5 Å². The van der Waals surface area contributed by atoms with E-state index in [0.717, 1.165) is 11.4 Å². The molecule has 0 unspecified atom stereocenters. The molecule has 0 aliphatic carbocycles. The fourth-order valence-electron chi connectivity index (χ4n) is 3.06. The highest BCUT2D eigenvalue weighted by atomic mass is 16.3. The number of carbonyl (C=O) groups excluding carboxylic acids is 1. The van der Waals surface area contributed by atoms with Gasteiger partial charge in [0.2, 0.25) is 0 Å². The maximum absolute atomic E-state index is 12.6. The lowest BCUT2D eigenvalue weighted by Crippen LogP contribution is -2.23. The van der Waals surface area contributed by atoms with E-state index in [1.165, 1.54) is 16.3 Å². The molecule has 0 saturated heterocycles. The second-order valence-corrected chi connectivity index (χ2v) is 6.34. The summed E-state index contributed by atoms with van der Waals surface area (Å²) in [5.41, 5.74) is 2.59. The molecule has 0 bridgehead atoms. The van der Waals surface area contributed by atoms with Crippen LogP contribution in [-0.4, -0.2) is 5.91 Å². The van der Waals surface area contributed by atoms with E-state index in [2.05, 4.69) is 41.0 Å². The molecule has 0 spiro atoms. The summed E-state index contributed by atoms with van der Waals surface area (Å²) in [7, 11) is 0. The van der Waals surface area contributed by atoms with Crippen molar-refractivity contribution in [3.63, 3.8) is 0 Å². The molecular weight excluding hydrogens is 336 g/mol. The number of amides is 1. The fraction of sp³-hybridized carbons (Fsp3) is 0.0870. The number of carbonyl (C=O) groups is 1. The van der Waals surface area contributed by atoms with Crippen molar-refractivity contribution < 1.29 is 9.21 Å². The van der Waals surface area contributed by atoms with Crippen molar-refractivity contribution in [3.8, 4) is 0 Å². The van der Waals surface area contributed by atoms with Gasteiger partial charge in [-0.15, -0.1) is 0 Å². The molecule has 1 aromatic heterocycles. The van der Waals surface area contributed by atoms with E-state index in [4.69, 9.17) is 4.42 Å². The van der Waals surface area contributed by atoms with Crippen molar-refractivity contribution in [1.82, 2.24) is 5.32 Å². The van der Waals surface area contributed by atoms with Gasteiger partial charge in [-0.25, -0.2) is 0 Å². The van der Waals surface area contributed by atoms with Crippen molar-refractivity contribution in [1.29, 1.82) is 0 Å². The molecule has 2 N–H and O–H groups in total. The summed E-state index contributed by atoms with van der Waals surface area (Å²) in [4.78, 5) is 12.6. The van der Waals surface area contributed by atoms with Gasteiger partial charge in [0.15, 0.2) is 0 Å². The largest absolute Gasteiger partial charge is 0.467 e. The summed E-state index contributed by atoms with van der Waals surface area (Å²) in [5.74, 6) is 0.595. The highest BCUT2D eigenvalue weighted by Crippen LogP contribution is 2.19. The maximum atomic E-state index is 12.6. The number of hydrogen-bond acceptors (Lipinski definition) is 3. The second-order valence-electron chi connectivity index (χ2n) is 6.34. The molecule has 1 amide bonds. The molecule has 0 radical (unpaired) electrons. The standard InChI is InChI=1S/C23H20N2O2/c26-23(25-16-20-8-5-13-27-20)21-9-3-4-10-22(21)24-15-17-11-12-18-6-1-2-7-19(18)14-17/h1-14,24H,15-16H2,(H,25,26). The molecule has 3 aromatic carbocycles. The van der Waals surface area contributed by atoms with Gasteiger partial charge in [-0.2, -0.15) is 0 Å². The van der Waals surface area contributed by atoms with Gasteiger partial charge in [0.1, 0.15) is 5.76 Å². The number of anilines is 1. The Morgan fingerprint density at radius 2 is 1.63 bits per heavy atom.